The highest BCUT2D eigenvalue weighted by Crippen LogP contribution is 2.34. The number of aromatic nitrogens is 2. The first-order valence-corrected chi connectivity index (χ1v) is 8.65. The molecular weight excluding hydrogens is 384 g/mol. The summed E-state index contributed by atoms with van der Waals surface area (Å²) in [6.45, 7) is 0.449. The molecule has 2 rings (SSSR count). The third-order valence-electron chi connectivity index (χ3n) is 3.47. The minimum atomic E-state index is -3.01. The molecule has 2 aromatic heterocycles. The Morgan fingerprint density at radius 3 is 2.63 bits per heavy atom. The zero-order chi connectivity index (χ0) is 20.1. The molecule has 27 heavy (non-hydrogen) atoms. The number of rotatable bonds is 7. The van der Waals surface area contributed by atoms with E-state index in [1.165, 1.54) is 14.0 Å². The highest BCUT2D eigenvalue weighted by molar-refractivity contribution is 7.18. The van der Waals surface area contributed by atoms with Crippen LogP contribution in [-0.4, -0.2) is 41.3 Å². The topological polar surface area (TPSA) is 99.5 Å². The fraction of sp³-hybridized carbons (Fsp3) is 0.375. The second-order valence-electron chi connectivity index (χ2n) is 5.28. The molecular formula is C16H17F2N3O5S. The van der Waals surface area contributed by atoms with Crippen LogP contribution in [0.2, 0.25) is 0 Å². The van der Waals surface area contributed by atoms with Gasteiger partial charge >= 0.3 is 18.5 Å². The number of alkyl halides is 2. The van der Waals surface area contributed by atoms with Crippen molar-refractivity contribution < 1.29 is 32.6 Å². The normalized spacial score (nSPS) is 10.7. The van der Waals surface area contributed by atoms with Crippen molar-refractivity contribution in [1.82, 2.24) is 9.78 Å². The summed E-state index contributed by atoms with van der Waals surface area (Å²) in [5, 5.41) is 5.77. The van der Waals surface area contributed by atoms with Gasteiger partial charge in [-0.1, -0.05) is 6.92 Å². The van der Waals surface area contributed by atoms with E-state index in [9.17, 15) is 23.2 Å². The van der Waals surface area contributed by atoms with Crippen LogP contribution < -0.4 is 5.32 Å². The van der Waals surface area contributed by atoms with Crippen molar-refractivity contribution >= 4 is 34.2 Å². The lowest BCUT2D eigenvalue weighted by atomic mass is 10.1. The van der Waals surface area contributed by atoms with E-state index >= 15 is 0 Å². The molecule has 0 aliphatic carbocycles. The van der Waals surface area contributed by atoms with Crippen LogP contribution in [0.3, 0.4) is 0 Å². The Morgan fingerprint density at radius 1 is 1.33 bits per heavy atom. The molecule has 0 aliphatic heterocycles. The lowest BCUT2D eigenvalue weighted by Gasteiger charge is -2.09. The standard InChI is InChI=1S/C16H17F2N3O5S/c1-4-7-26-14(23)10-8(2)11(15(24)25-3)27-13(10)20-12(22)9-5-6-19-21(9)16(17)18/h5-6,16H,4,7H2,1-3H3,(H,20,22). The van der Waals surface area contributed by atoms with Gasteiger partial charge in [-0.05, 0) is 25.0 Å². The molecule has 1 N–H and O–H groups in total. The Morgan fingerprint density at radius 2 is 2.04 bits per heavy atom. The number of carbonyl (C=O) groups is 3. The molecule has 0 atom stereocenters. The number of carbonyl (C=O) groups excluding carboxylic acids is 3. The smallest absolute Gasteiger partial charge is 0.348 e. The molecule has 0 aliphatic rings. The van der Waals surface area contributed by atoms with Gasteiger partial charge in [-0.15, -0.1) is 11.3 Å². The van der Waals surface area contributed by atoms with Gasteiger partial charge in [0.25, 0.3) is 5.91 Å². The Labute approximate surface area is 157 Å². The number of hydrogen-bond acceptors (Lipinski definition) is 7. The summed E-state index contributed by atoms with van der Waals surface area (Å²) in [4.78, 5) is 36.7. The van der Waals surface area contributed by atoms with Gasteiger partial charge in [0.1, 0.15) is 15.6 Å². The van der Waals surface area contributed by atoms with Gasteiger partial charge in [0.15, 0.2) is 0 Å². The summed E-state index contributed by atoms with van der Waals surface area (Å²) in [6, 6.07) is 1.11. The van der Waals surface area contributed by atoms with Crippen molar-refractivity contribution in [3.63, 3.8) is 0 Å². The predicted octanol–water partition coefficient (Wildman–Crippen LogP) is 3.25. The number of hydrogen-bond donors (Lipinski definition) is 1. The molecule has 0 aromatic carbocycles. The van der Waals surface area contributed by atoms with Crippen molar-refractivity contribution in [3.8, 4) is 0 Å². The highest BCUT2D eigenvalue weighted by Gasteiger charge is 2.28. The summed E-state index contributed by atoms with van der Waals surface area (Å²) < 4.78 is 35.8. The number of methoxy groups -OCH3 is 1. The first-order chi connectivity index (χ1) is 12.8. The van der Waals surface area contributed by atoms with Crippen LogP contribution in [0, 0.1) is 6.92 Å². The minimum Gasteiger partial charge on any atom is -0.465 e. The van der Waals surface area contributed by atoms with Gasteiger partial charge in [0.2, 0.25) is 0 Å². The van der Waals surface area contributed by atoms with Crippen molar-refractivity contribution in [2.75, 3.05) is 19.0 Å². The second-order valence-corrected chi connectivity index (χ2v) is 6.30. The number of halogens is 2. The maximum atomic E-state index is 12.9. The number of amides is 1. The predicted molar refractivity (Wildman–Crippen MR) is 92.4 cm³/mol. The first kappa shape index (κ1) is 20.5. The molecule has 1 amide bonds. The maximum Gasteiger partial charge on any atom is 0.348 e. The average Bonchev–Trinajstić information content (AvgIpc) is 3.24. The lowest BCUT2D eigenvalue weighted by Crippen LogP contribution is -2.19. The van der Waals surface area contributed by atoms with Gasteiger partial charge in [-0.25, -0.2) is 9.59 Å². The van der Waals surface area contributed by atoms with E-state index in [0.717, 1.165) is 23.6 Å². The van der Waals surface area contributed by atoms with E-state index in [1.807, 2.05) is 6.92 Å². The molecule has 0 spiro atoms. The Kier molecular flexibility index (Phi) is 6.61. The zero-order valence-electron chi connectivity index (χ0n) is 14.7. The van der Waals surface area contributed by atoms with Gasteiger partial charge in [-0.2, -0.15) is 18.6 Å². The summed E-state index contributed by atoms with van der Waals surface area (Å²) in [6.07, 6.45) is 1.63. The van der Waals surface area contributed by atoms with Crippen molar-refractivity contribution in [2.24, 2.45) is 0 Å². The van der Waals surface area contributed by atoms with Crippen molar-refractivity contribution in [1.29, 1.82) is 0 Å². The third-order valence-corrected chi connectivity index (χ3v) is 4.66. The van der Waals surface area contributed by atoms with Gasteiger partial charge < -0.3 is 14.8 Å². The Balaban J connectivity index is 2.42. The van der Waals surface area contributed by atoms with Gasteiger partial charge in [0.05, 0.1) is 19.3 Å². The van der Waals surface area contributed by atoms with E-state index in [-0.39, 0.29) is 32.3 Å². The van der Waals surface area contributed by atoms with E-state index in [2.05, 4.69) is 15.2 Å². The quantitative estimate of drug-likeness (QED) is 0.715. The SMILES string of the molecule is CCCOC(=O)c1c(NC(=O)c2ccnn2C(F)F)sc(C(=O)OC)c1C. The van der Waals surface area contributed by atoms with Crippen LogP contribution >= 0.6 is 11.3 Å². The molecule has 2 heterocycles. The summed E-state index contributed by atoms with van der Waals surface area (Å²) in [7, 11) is 1.18. The maximum absolute atomic E-state index is 12.9. The van der Waals surface area contributed by atoms with Crippen molar-refractivity contribution in [3.05, 3.63) is 34.0 Å². The number of ether oxygens (including phenoxy) is 2. The van der Waals surface area contributed by atoms with Crippen LogP contribution in [0.4, 0.5) is 13.8 Å². The Bertz CT molecular complexity index is 862. The molecule has 0 bridgehead atoms. The second kappa shape index (κ2) is 8.71. The van der Waals surface area contributed by atoms with Crippen LogP contribution in [0.25, 0.3) is 0 Å². The van der Waals surface area contributed by atoms with Crippen LogP contribution in [0.1, 0.15) is 56.0 Å². The Hall–Kier alpha value is -2.82. The molecule has 8 nitrogen and oxygen atoms in total. The summed E-state index contributed by atoms with van der Waals surface area (Å²) in [5.74, 6) is -2.34. The molecule has 2 aromatic rings. The van der Waals surface area contributed by atoms with Gasteiger partial charge in [0, 0.05) is 6.20 Å². The van der Waals surface area contributed by atoms with E-state index in [0.29, 0.717) is 6.42 Å². The van der Waals surface area contributed by atoms with Crippen molar-refractivity contribution in [2.45, 2.75) is 26.8 Å². The molecule has 0 fully saturated rings. The lowest BCUT2D eigenvalue weighted by molar-refractivity contribution is 0.0503. The third kappa shape index (κ3) is 4.30. The number of thiophene rings is 1. The summed E-state index contributed by atoms with van der Waals surface area (Å²) >= 11 is 0.796. The molecule has 0 saturated carbocycles. The number of nitrogens with zero attached hydrogens (tertiary/aromatic N) is 2. The van der Waals surface area contributed by atoms with E-state index < -0.39 is 30.1 Å². The van der Waals surface area contributed by atoms with Gasteiger partial charge in [-0.3, -0.25) is 4.79 Å². The molecule has 146 valence electrons. The number of nitrogens with one attached hydrogen (secondary N) is 1. The number of anilines is 1. The highest BCUT2D eigenvalue weighted by atomic mass is 32.1. The minimum absolute atomic E-state index is 0.000944. The average molecular weight is 401 g/mol. The summed E-state index contributed by atoms with van der Waals surface area (Å²) in [5.41, 5.74) is -0.153. The van der Waals surface area contributed by atoms with Crippen LogP contribution in [-0.2, 0) is 9.47 Å². The van der Waals surface area contributed by atoms with Crippen LogP contribution in [0.5, 0.6) is 0 Å². The number of esters is 2. The molecule has 0 unspecified atom stereocenters. The largest absolute Gasteiger partial charge is 0.465 e. The first-order valence-electron chi connectivity index (χ1n) is 7.83. The monoisotopic (exact) mass is 401 g/mol. The molecule has 11 heteroatoms. The fourth-order valence-electron chi connectivity index (χ4n) is 2.22. The van der Waals surface area contributed by atoms with Crippen LogP contribution in [0.15, 0.2) is 12.3 Å². The van der Waals surface area contributed by atoms with E-state index in [1.54, 1.807) is 0 Å². The fourth-order valence-corrected chi connectivity index (χ4v) is 3.33. The molecule has 0 saturated heterocycles. The van der Waals surface area contributed by atoms with E-state index in [4.69, 9.17) is 4.74 Å². The zero-order valence-corrected chi connectivity index (χ0v) is 15.6. The molecule has 0 radical (unpaired) electrons.